The first-order valence-corrected chi connectivity index (χ1v) is 10.7. The number of rotatable bonds is 10. The second-order valence-corrected chi connectivity index (χ2v) is 7.57. The summed E-state index contributed by atoms with van der Waals surface area (Å²) in [5.74, 6) is 0.916. The van der Waals surface area contributed by atoms with Gasteiger partial charge in [-0.05, 0) is 36.2 Å². The number of ether oxygens (including phenoxy) is 1. The average Bonchev–Trinajstić information content (AvgIpc) is 2.77. The Kier molecular flexibility index (Phi) is 8.53. The third kappa shape index (κ3) is 7.52. The zero-order chi connectivity index (χ0) is 20.3. The van der Waals surface area contributed by atoms with Crippen LogP contribution in [0.2, 0.25) is 0 Å². The molecule has 0 aliphatic carbocycles. The van der Waals surface area contributed by atoms with Crippen LogP contribution in [-0.2, 0) is 17.9 Å². The van der Waals surface area contributed by atoms with E-state index in [1.807, 2.05) is 30.3 Å². The second kappa shape index (κ2) is 11.6. The van der Waals surface area contributed by atoms with Crippen molar-refractivity contribution in [1.29, 1.82) is 0 Å². The summed E-state index contributed by atoms with van der Waals surface area (Å²) in [5, 5.41) is 3.00. The lowest BCUT2D eigenvalue weighted by Crippen LogP contribution is -2.45. The first kappa shape index (κ1) is 21.3. The van der Waals surface area contributed by atoms with Gasteiger partial charge in [0.15, 0.2) is 0 Å². The summed E-state index contributed by atoms with van der Waals surface area (Å²) in [4.78, 5) is 17.0. The van der Waals surface area contributed by atoms with Crippen LogP contribution >= 0.6 is 0 Å². The molecule has 1 fully saturated rings. The van der Waals surface area contributed by atoms with Gasteiger partial charge in [0.05, 0.1) is 6.61 Å². The number of likely N-dealkylation sites (N-methyl/N-ethyl adjacent to an activating group) is 1. The van der Waals surface area contributed by atoms with E-state index in [2.05, 4.69) is 46.3 Å². The maximum absolute atomic E-state index is 12.0. The molecule has 0 atom stereocenters. The molecular weight excluding hydrogens is 362 g/mol. The molecular formula is C24H33N3O2. The van der Waals surface area contributed by atoms with Crippen molar-refractivity contribution in [3.05, 3.63) is 65.7 Å². The smallest absolute Gasteiger partial charge is 0.220 e. The van der Waals surface area contributed by atoms with Crippen LogP contribution in [0.5, 0.6) is 5.75 Å². The van der Waals surface area contributed by atoms with Crippen LogP contribution in [0.1, 0.15) is 30.9 Å². The topological polar surface area (TPSA) is 44.8 Å². The average molecular weight is 396 g/mol. The highest BCUT2D eigenvalue weighted by Gasteiger charge is 2.15. The van der Waals surface area contributed by atoms with E-state index < -0.39 is 0 Å². The molecule has 2 aromatic rings. The number of benzene rings is 2. The fourth-order valence-corrected chi connectivity index (χ4v) is 3.51. The summed E-state index contributed by atoms with van der Waals surface area (Å²) in [6.45, 7) is 10.1. The summed E-state index contributed by atoms with van der Waals surface area (Å²) in [7, 11) is 0. The number of carbonyl (C=O) groups excluding carboxylic acids is 1. The number of nitrogens with one attached hydrogen (secondary N) is 1. The van der Waals surface area contributed by atoms with E-state index in [0.717, 1.165) is 50.6 Å². The molecule has 0 unspecified atom stereocenters. The van der Waals surface area contributed by atoms with Crippen molar-refractivity contribution in [2.24, 2.45) is 0 Å². The molecule has 0 saturated carbocycles. The maximum atomic E-state index is 12.0. The highest BCUT2D eigenvalue weighted by atomic mass is 16.5. The fourth-order valence-electron chi connectivity index (χ4n) is 3.51. The Labute approximate surface area is 174 Å². The van der Waals surface area contributed by atoms with Crippen LogP contribution in [0.3, 0.4) is 0 Å². The lowest BCUT2D eigenvalue weighted by molar-refractivity contribution is -0.121. The van der Waals surface area contributed by atoms with Gasteiger partial charge >= 0.3 is 0 Å². The van der Waals surface area contributed by atoms with Crippen molar-refractivity contribution in [3.8, 4) is 5.75 Å². The number of carbonyl (C=O) groups is 1. The molecule has 5 heteroatoms. The number of para-hydroxylation sites is 1. The summed E-state index contributed by atoms with van der Waals surface area (Å²) < 4.78 is 5.62. The normalized spacial score (nSPS) is 15.2. The Balaban J connectivity index is 1.30. The van der Waals surface area contributed by atoms with Crippen LogP contribution in [0.4, 0.5) is 0 Å². The Morgan fingerprint density at radius 1 is 0.931 bits per heavy atom. The molecule has 2 aromatic carbocycles. The lowest BCUT2D eigenvalue weighted by Gasteiger charge is -2.34. The first-order chi connectivity index (χ1) is 14.2. The fraction of sp³-hybridized carbons (Fsp3) is 0.458. The summed E-state index contributed by atoms with van der Waals surface area (Å²) in [5.41, 5.74) is 2.47. The Morgan fingerprint density at radius 2 is 1.59 bits per heavy atom. The standard InChI is InChI=1S/C24H33N3O2/c1-2-26-14-16-27(17-15-26)20-22-12-10-21(11-13-22)19-25-24(28)9-6-18-29-23-7-4-3-5-8-23/h3-5,7-8,10-13H,2,6,9,14-20H2,1H3,(H,25,28). The van der Waals surface area contributed by atoms with Gasteiger partial charge in [-0.3, -0.25) is 9.69 Å². The minimum Gasteiger partial charge on any atom is -0.494 e. The lowest BCUT2D eigenvalue weighted by atomic mass is 10.1. The van der Waals surface area contributed by atoms with Gasteiger partial charge in [0.25, 0.3) is 0 Å². The van der Waals surface area contributed by atoms with Crippen molar-refractivity contribution in [1.82, 2.24) is 15.1 Å². The molecule has 1 amide bonds. The SMILES string of the molecule is CCN1CCN(Cc2ccc(CNC(=O)CCCOc3ccccc3)cc2)CC1. The van der Waals surface area contributed by atoms with Crippen molar-refractivity contribution in [2.75, 3.05) is 39.3 Å². The predicted octanol–water partition coefficient (Wildman–Crippen LogP) is 3.30. The molecule has 1 aliphatic heterocycles. The molecule has 0 bridgehead atoms. The van der Waals surface area contributed by atoms with Crippen LogP contribution in [0.25, 0.3) is 0 Å². The van der Waals surface area contributed by atoms with Crippen molar-refractivity contribution >= 4 is 5.91 Å². The maximum Gasteiger partial charge on any atom is 0.220 e. The molecule has 29 heavy (non-hydrogen) atoms. The third-order valence-electron chi connectivity index (χ3n) is 5.39. The van der Waals surface area contributed by atoms with E-state index in [9.17, 15) is 4.79 Å². The van der Waals surface area contributed by atoms with E-state index in [1.54, 1.807) is 0 Å². The van der Waals surface area contributed by atoms with E-state index in [-0.39, 0.29) is 5.91 Å². The van der Waals surface area contributed by atoms with Crippen molar-refractivity contribution in [3.63, 3.8) is 0 Å². The number of nitrogens with zero attached hydrogens (tertiary/aromatic N) is 2. The van der Waals surface area contributed by atoms with Gasteiger partial charge < -0.3 is 15.0 Å². The van der Waals surface area contributed by atoms with Gasteiger partial charge in [0, 0.05) is 45.7 Å². The number of hydrogen-bond donors (Lipinski definition) is 1. The quantitative estimate of drug-likeness (QED) is 0.627. The highest BCUT2D eigenvalue weighted by Crippen LogP contribution is 2.11. The Hall–Kier alpha value is -2.37. The van der Waals surface area contributed by atoms with E-state index in [4.69, 9.17) is 4.74 Å². The number of hydrogen-bond acceptors (Lipinski definition) is 4. The Morgan fingerprint density at radius 3 is 2.28 bits per heavy atom. The zero-order valence-electron chi connectivity index (χ0n) is 17.5. The molecule has 1 saturated heterocycles. The van der Waals surface area contributed by atoms with E-state index in [1.165, 1.54) is 5.56 Å². The van der Waals surface area contributed by atoms with Crippen LogP contribution < -0.4 is 10.1 Å². The molecule has 0 radical (unpaired) electrons. The van der Waals surface area contributed by atoms with Crippen LogP contribution in [0, 0.1) is 0 Å². The van der Waals surface area contributed by atoms with Gasteiger partial charge in [-0.1, -0.05) is 49.4 Å². The molecule has 0 aromatic heterocycles. The molecule has 1 heterocycles. The van der Waals surface area contributed by atoms with E-state index >= 15 is 0 Å². The third-order valence-corrected chi connectivity index (χ3v) is 5.39. The Bertz CT molecular complexity index is 726. The van der Waals surface area contributed by atoms with Gasteiger partial charge in [-0.2, -0.15) is 0 Å². The summed E-state index contributed by atoms with van der Waals surface area (Å²) in [6.07, 6.45) is 1.19. The van der Waals surface area contributed by atoms with Gasteiger partial charge in [0.2, 0.25) is 5.91 Å². The number of amides is 1. The van der Waals surface area contributed by atoms with E-state index in [0.29, 0.717) is 26.0 Å². The largest absolute Gasteiger partial charge is 0.494 e. The molecule has 0 spiro atoms. The van der Waals surface area contributed by atoms with Gasteiger partial charge in [-0.25, -0.2) is 0 Å². The molecule has 3 rings (SSSR count). The zero-order valence-corrected chi connectivity index (χ0v) is 17.5. The second-order valence-electron chi connectivity index (χ2n) is 7.57. The van der Waals surface area contributed by atoms with Gasteiger partial charge in [0.1, 0.15) is 5.75 Å². The van der Waals surface area contributed by atoms with Crippen molar-refractivity contribution in [2.45, 2.75) is 32.9 Å². The predicted molar refractivity (Wildman–Crippen MR) is 117 cm³/mol. The minimum atomic E-state index is 0.0690. The molecule has 1 aliphatic rings. The monoisotopic (exact) mass is 395 g/mol. The van der Waals surface area contributed by atoms with Crippen molar-refractivity contribution < 1.29 is 9.53 Å². The minimum absolute atomic E-state index is 0.0690. The highest BCUT2D eigenvalue weighted by molar-refractivity contribution is 5.75. The molecule has 156 valence electrons. The van der Waals surface area contributed by atoms with Gasteiger partial charge in [-0.15, -0.1) is 0 Å². The summed E-state index contributed by atoms with van der Waals surface area (Å²) in [6, 6.07) is 18.3. The molecule has 5 nitrogen and oxygen atoms in total. The van der Waals surface area contributed by atoms with Crippen LogP contribution in [0.15, 0.2) is 54.6 Å². The first-order valence-electron chi connectivity index (χ1n) is 10.7. The number of piperazine rings is 1. The van der Waals surface area contributed by atoms with Crippen LogP contribution in [-0.4, -0.2) is 55.0 Å². The molecule has 1 N–H and O–H groups in total. The summed E-state index contributed by atoms with van der Waals surface area (Å²) >= 11 is 0.